The Balaban J connectivity index is 2.36. The summed E-state index contributed by atoms with van der Waals surface area (Å²) in [5.41, 5.74) is 6.59. The molecule has 1 aromatic rings. The maximum atomic E-state index is 11.8. The van der Waals surface area contributed by atoms with Crippen molar-refractivity contribution in [3.63, 3.8) is 0 Å². The van der Waals surface area contributed by atoms with E-state index >= 15 is 0 Å². The van der Waals surface area contributed by atoms with E-state index in [1.165, 1.54) is 0 Å². The second kappa shape index (κ2) is 7.13. The van der Waals surface area contributed by atoms with E-state index in [-0.39, 0.29) is 5.91 Å². The fourth-order valence-electron chi connectivity index (χ4n) is 1.74. The van der Waals surface area contributed by atoms with Crippen LogP contribution in [0.15, 0.2) is 12.4 Å². The van der Waals surface area contributed by atoms with Crippen LogP contribution in [0.4, 0.5) is 0 Å². The Hall–Kier alpha value is -1.40. The van der Waals surface area contributed by atoms with Gasteiger partial charge < -0.3 is 16.0 Å². The minimum Gasteiger partial charge on any atom is -0.353 e. The van der Waals surface area contributed by atoms with E-state index in [1.54, 1.807) is 24.1 Å². The fourth-order valence-corrected chi connectivity index (χ4v) is 1.74. The number of nitrogens with one attached hydrogen (secondary N) is 1. The minimum atomic E-state index is -0.643. The van der Waals surface area contributed by atoms with Crippen LogP contribution >= 0.6 is 0 Å². The van der Waals surface area contributed by atoms with Crippen molar-refractivity contribution in [3.05, 3.63) is 18.0 Å². The van der Waals surface area contributed by atoms with E-state index in [4.69, 9.17) is 5.73 Å². The average molecular weight is 253 g/mol. The molecule has 0 aliphatic heterocycles. The van der Waals surface area contributed by atoms with Crippen molar-refractivity contribution in [1.29, 1.82) is 0 Å². The van der Waals surface area contributed by atoms with Crippen LogP contribution in [0.2, 0.25) is 0 Å². The third-order valence-electron chi connectivity index (χ3n) is 2.99. The molecule has 0 aliphatic carbocycles. The molecule has 0 spiro atoms. The Kier molecular flexibility index (Phi) is 5.80. The van der Waals surface area contributed by atoms with Gasteiger partial charge in [0.25, 0.3) is 0 Å². The number of nitrogens with two attached hydrogens (primary N) is 1. The molecule has 0 bridgehead atoms. The number of likely N-dealkylation sites (N-methyl/N-ethyl adjacent to an activating group) is 1. The van der Waals surface area contributed by atoms with Crippen LogP contribution < -0.4 is 11.1 Å². The topological polar surface area (TPSA) is 76.2 Å². The van der Waals surface area contributed by atoms with Crippen molar-refractivity contribution >= 4 is 5.91 Å². The lowest BCUT2D eigenvalue weighted by molar-refractivity contribution is -0.122. The molecule has 1 unspecified atom stereocenters. The van der Waals surface area contributed by atoms with Crippen LogP contribution in [0.5, 0.6) is 0 Å². The number of hydrogen-bond acceptors (Lipinski definition) is 4. The Morgan fingerprint density at radius 1 is 1.56 bits per heavy atom. The lowest BCUT2D eigenvalue weighted by atomic mass is 10.1. The zero-order chi connectivity index (χ0) is 13.5. The van der Waals surface area contributed by atoms with E-state index in [0.29, 0.717) is 6.54 Å². The number of nitrogens with zero attached hydrogens (tertiary/aromatic N) is 3. The number of hydrogen-bond donors (Lipinski definition) is 2. The third-order valence-corrected chi connectivity index (χ3v) is 2.99. The van der Waals surface area contributed by atoms with Crippen molar-refractivity contribution < 1.29 is 4.79 Å². The molecule has 6 nitrogen and oxygen atoms in total. The molecular formula is C12H23N5O. The molecule has 0 aliphatic rings. The summed E-state index contributed by atoms with van der Waals surface area (Å²) in [5.74, 6) is -0.157. The minimum absolute atomic E-state index is 0.157. The highest BCUT2D eigenvalue weighted by atomic mass is 16.2. The molecule has 1 atom stereocenters. The van der Waals surface area contributed by atoms with E-state index in [9.17, 15) is 4.79 Å². The lowest BCUT2D eigenvalue weighted by Gasteiger charge is -2.18. The van der Waals surface area contributed by atoms with Crippen molar-refractivity contribution in [2.24, 2.45) is 12.8 Å². The normalized spacial score (nSPS) is 12.7. The van der Waals surface area contributed by atoms with Gasteiger partial charge in [-0.05, 0) is 13.1 Å². The van der Waals surface area contributed by atoms with Crippen molar-refractivity contribution in [3.8, 4) is 0 Å². The van der Waals surface area contributed by atoms with Gasteiger partial charge in [0, 0.05) is 31.9 Å². The van der Waals surface area contributed by atoms with Crippen molar-refractivity contribution in [2.75, 3.05) is 26.2 Å². The van der Waals surface area contributed by atoms with Crippen LogP contribution in [0.1, 0.15) is 25.5 Å². The van der Waals surface area contributed by atoms with Crippen molar-refractivity contribution in [1.82, 2.24) is 20.0 Å². The summed E-state index contributed by atoms with van der Waals surface area (Å²) in [7, 11) is 1.80. The zero-order valence-corrected chi connectivity index (χ0v) is 11.4. The summed E-state index contributed by atoms with van der Waals surface area (Å²) in [4.78, 5) is 14.1. The highest BCUT2D eigenvalue weighted by molar-refractivity contribution is 5.82. The first-order valence-electron chi connectivity index (χ1n) is 6.32. The Bertz CT molecular complexity index is 372. The molecule has 1 aromatic heterocycles. The first-order valence-corrected chi connectivity index (χ1v) is 6.32. The standard InChI is InChI=1S/C12H23N5O/c1-4-17(5-2)7-6-14-12(18)11(13)10-8-15-16(3)9-10/h8-9,11H,4-7,13H2,1-3H3,(H,14,18). The largest absolute Gasteiger partial charge is 0.353 e. The molecule has 102 valence electrons. The number of carbonyl (C=O) groups excluding carboxylic acids is 1. The van der Waals surface area contributed by atoms with Gasteiger partial charge in [-0.1, -0.05) is 13.8 Å². The summed E-state index contributed by atoms with van der Waals surface area (Å²) in [6.07, 6.45) is 3.38. The summed E-state index contributed by atoms with van der Waals surface area (Å²) in [5, 5.41) is 6.85. The van der Waals surface area contributed by atoms with Crippen LogP contribution in [-0.2, 0) is 11.8 Å². The van der Waals surface area contributed by atoms with Gasteiger partial charge in [-0.25, -0.2) is 0 Å². The van der Waals surface area contributed by atoms with Crippen LogP contribution in [0.3, 0.4) is 0 Å². The van der Waals surface area contributed by atoms with Crippen LogP contribution in [0.25, 0.3) is 0 Å². The maximum Gasteiger partial charge on any atom is 0.241 e. The monoisotopic (exact) mass is 253 g/mol. The molecule has 1 rings (SSSR count). The average Bonchev–Trinajstić information content (AvgIpc) is 2.80. The molecule has 0 saturated carbocycles. The van der Waals surface area contributed by atoms with Gasteiger partial charge in [0.1, 0.15) is 6.04 Å². The summed E-state index contributed by atoms with van der Waals surface area (Å²) in [6.45, 7) is 7.65. The van der Waals surface area contributed by atoms with Gasteiger partial charge in [0.2, 0.25) is 5.91 Å². The van der Waals surface area contributed by atoms with E-state index < -0.39 is 6.04 Å². The molecule has 0 fully saturated rings. The molecule has 0 aromatic carbocycles. The number of rotatable bonds is 7. The molecule has 18 heavy (non-hydrogen) atoms. The molecule has 3 N–H and O–H groups in total. The lowest BCUT2D eigenvalue weighted by Crippen LogP contribution is -2.39. The van der Waals surface area contributed by atoms with Gasteiger partial charge in [-0.3, -0.25) is 9.48 Å². The van der Waals surface area contributed by atoms with Gasteiger partial charge in [-0.2, -0.15) is 5.10 Å². The number of carbonyl (C=O) groups is 1. The third kappa shape index (κ3) is 4.12. The molecule has 1 amide bonds. The maximum absolute atomic E-state index is 11.8. The highest BCUT2D eigenvalue weighted by Crippen LogP contribution is 2.07. The second-order valence-electron chi connectivity index (χ2n) is 4.24. The van der Waals surface area contributed by atoms with Crippen molar-refractivity contribution in [2.45, 2.75) is 19.9 Å². The van der Waals surface area contributed by atoms with E-state index in [1.807, 2.05) is 0 Å². The highest BCUT2D eigenvalue weighted by Gasteiger charge is 2.16. The Morgan fingerprint density at radius 2 is 2.22 bits per heavy atom. The quantitative estimate of drug-likeness (QED) is 0.710. The molecular weight excluding hydrogens is 230 g/mol. The van der Waals surface area contributed by atoms with Gasteiger partial charge >= 0.3 is 0 Å². The van der Waals surface area contributed by atoms with Gasteiger partial charge in [-0.15, -0.1) is 0 Å². The van der Waals surface area contributed by atoms with Gasteiger partial charge in [0.15, 0.2) is 0 Å². The molecule has 0 saturated heterocycles. The zero-order valence-electron chi connectivity index (χ0n) is 11.4. The smallest absolute Gasteiger partial charge is 0.241 e. The Labute approximate surface area is 108 Å². The van der Waals surface area contributed by atoms with Gasteiger partial charge in [0.05, 0.1) is 6.20 Å². The Morgan fingerprint density at radius 3 is 2.72 bits per heavy atom. The first-order chi connectivity index (χ1) is 8.58. The predicted octanol–water partition coefficient (Wildman–Crippen LogP) is -0.122. The molecule has 0 radical (unpaired) electrons. The van der Waals surface area contributed by atoms with Crippen LogP contribution in [0, 0.1) is 0 Å². The number of aryl methyl sites for hydroxylation is 1. The number of amides is 1. The summed E-state index contributed by atoms with van der Waals surface area (Å²) < 4.78 is 1.64. The summed E-state index contributed by atoms with van der Waals surface area (Å²) in [6, 6.07) is -0.643. The SMILES string of the molecule is CCN(CC)CCNC(=O)C(N)c1cnn(C)c1. The summed E-state index contributed by atoms with van der Waals surface area (Å²) >= 11 is 0. The number of aromatic nitrogens is 2. The first kappa shape index (κ1) is 14.7. The fraction of sp³-hybridized carbons (Fsp3) is 0.667. The van der Waals surface area contributed by atoms with E-state index in [0.717, 1.165) is 25.2 Å². The molecule has 6 heteroatoms. The predicted molar refractivity (Wildman–Crippen MR) is 70.9 cm³/mol. The van der Waals surface area contributed by atoms with Crippen LogP contribution in [-0.4, -0.2) is 46.8 Å². The second-order valence-corrected chi connectivity index (χ2v) is 4.24. The van der Waals surface area contributed by atoms with E-state index in [2.05, 4.69) is 29.2 Å². The molecule has 1 heterocycles.